The number of nitro groups is 1. The fourth-order valence-electron chi connectivity index (χ4n) is 1.64. The predicted molar refractivity (Wildman–Crippen MR) is 85.4 cm³/mol. The summed E-state index contributed by atoms with van der Waals surface area (Å²) in [4.78, 5) is 10.3. The van der Waals surface area contributed by atoms with Crippen molar-refractivity contribution in [2.24, 2.45) is 0 Å². The molecule has 0 unspecified atom stereocenters. The Hall–Kier alpha value is -1.45. The van der Waals surface area contributed by atoms with Gasteiger partial charge in [-0.2, -0.15) is 0 Å². The molecule has 0 saturated heterocycles. The zero-order valence-corrected chi connectivity index (χ0v) is 14.3. The van der Waals surface area contributed by atoms with E-state index in [1.807, 2.05) is 0 Å². The maximum absolute atomic E-state index is 12.2. The smallest absolute Gasteiger partial charge is 0.274 e. The van der Waals surface area contributed by atoms with Gasteiger partial charge in [0.15, 0.2) is 0 Å². The Morgan fingerprint density at radius 2 is 1.90 bits per heavy atom. The van der Waals surface area contributed by atoms with Crippen molar-refractivity contribution in [3.63, 3.8) is 0 Å². The number of nitro benzene ring substituents is 1. The van der Waals surface area contributed by atoms with Gasteiger partial charge in [0.05, 0.1) is 14.4 Å². The van der Waals surface area contributed by atoms with Gasteiger partial charge >= 0.3 is 0 Å². The van der Waals surface area contributed by atoms with Crippen molar-refractivity contribution in [2.45, 2.75) is 18.1 Å². The summed E-state index contributed by atoms with van der Waals surface area (Å²) in [6, 6.07) is 5.75. The summed E-state index contributed by atoms with van der Waals surface area (Å²) in [5, 5.41) is 10.9. The third-order valence-electron chi connectivity index (χ3n) is 2.76. The van der Waals surface area contributed by atoms with Gasteiger partial charge in [0, 0.05) is 11.6 Å². The topological polar surface area (TPSA) is 89.3 Å². The molecular formula is C12H11BrN2O4S2. The van der Waals surface area contributed by atoms with Crippen LogP contribution >= 0.6 is 27.3 Å². The van der Waals surface area contributed by atoms with Crippen LogP contribution in [0.25, 0.3) is 0 Å². The SMILES string of the molecule is Cc1ccc(NS(=O)(=O)c2cc(C)c(Br)s2)cc1[N+](=O)[O-]. The Bertz CT molecular complexity index is 795. The molecule has 21 heavy (non-hydrogen) atoms. The minimum Gasteiger partial charge on any atom is -0.279 e. The molecule has 0 aliphatic carbocycles. The lowest BCUT2D eigenvalue weighted by molar-refractivity contribution is -0.385. The normalized spacial score (nSPS) is 11.4. The zero-order chi connectivity index (χ0) is 15.8. The molecule has 2 aromatic rings. The average molecular weight is 391 g/mol. The maximum atomic E-state index is 12.2. The van der Waals surface area contributed by atoms with Crippen LogP contribution in [-0.2, 0) is 10.0 Å². The van der Waals surface area contributed by atoms with E-state index >= 15 is 0 Å². The van der Waals surface area contributed by atoms with Gasteiger partial charge in [-0.15, -0.1) is 11.3 Å². The van der Waals surface area contributed by atoms with Gasteiger partial charge in [-0.1, -0.05) is 6.07 Å². The average Bonchev–Trinajstić information content (AvgIpc) is 2.72. The summed E-state index contributed by atoms with van der Waals surface area (Å²) < 4.78 is 27.7. The molecular weight excluding hydrogens is 380 g/mol. The molecule has 0 fully saturated rings. The molecule has 0 aliphatic rings. The Labute approximate surface area is 134 Å². The van der Waals surface area contributed by atoms with Crippen molar-refractivity contribution in [2.75, 3.05) is 4.72 Å². The third kappa shape index (κ3) is 3.42. The number of hydrogen-bond acceptors (Lipinski definition) is 5. The summed E-state index contributed by atoms with van der Waals surface area (Å²) in [5.74, 6) is 0. The summed E-state index contributed by atoms with van der Waals surface area (Å²) in [6.07, 6.45) is 0. The highest BCUT2D eigenvalue weighted by molar-refractivity contribution is 9.11. The molecule has 2 rings (SSSR count). The second-order valence-electron chi connectivity index (χ2n) is 4.39. The third-order valence-corrected chi connectivity index (χ3v) is 6.75. The number of benzene rings is 1. The molecule has 0 radical (unpaired) electrons. The number of sulfonamides is 1. The van der Waals surface area contributed by atoms with Gasteiger partial charge in [0.1, 0.15) is 4.21 Å². The number of halogens is 1. The second-order valence-corrected chi connectivity index (χ2v) is 8.67. The van der Waals surface area contributed by atoms with E-state index in [-0.39, 0.29) is 15.6 Å². The van der Waals surface area contributed by atoms with E-state index < -0.39 is 14.9 Å². The number of anilines is 1. The fourth-order valence-corrected chi connectivity index (χ4v) is 4.91. The molecule has 0 atom stereocenters. The van der Waals surface area contributed by atoms with E-state index in [9.17, 15) is 18.5 Å². The van der Waals surface area contributed by atoms with E-state index in [0.717, 1.165) is 20.7 Å². The molecule has 112 valence electrons. The van der Waals surface area contributed by atoms with Crippen molar-refractivity contribution in [3.05, 3.63) is 49.3 Å². The molecule has 1 aromatic heterocycles. The first kappa shape index (κ1) is 15.9. The lowest BCUT2D eigenvalue weighted by Crippen LogP contribution is -2.11. The van der Waals surface area contributed by atoms with E-state index in [1.165, 1.54) is 18.2 Å². The van der Waals surface area contributed by atoms with Crippen molar-refractivity contribution < 1.29 is 13.3 Å². The first-order valence-electron chi connectivity index (χ1n) is 5.74. The highest BCUT2D eigenvalue weighted by atomic mass is 79.9. The molecule has 1 N–H and O–H groups in total. The van der Waals surface area contributed by atoms with Gasteiger partial charge in [0.2, 0.25) is 0 Å². The van der Waals surface area contributed by atoms with Gasteiger partial charge < -0.3 is 0 Å². The minimum absolute atomic E-state index is 0.126. The molecule has 0 amide bonds. The quantitative estimate of drug-likeness (QED) is 0.634. The van der Waals surface area contributed by atoms with E-state index in [4.69, 9.17) is 0 Å². The summed E-state index contributed by atoms with van der Waals surface area (Å²) >= 11 is 4.36. The highest BCUT2D eigenvalue weighted by Crippen LogP contribution is 2.32. The maximum Gasteiger partial charge on any atom is 0.274 e. The van der Waals surface area contributed by atoms with Gasteiger partial charge in [-0.05, 0) is 47.5 Å². The van der Waals surface area contributed by atoms with Gasteiger partial charge in [-0.3, -0.25) is 14.8 Å². The van der Waals surface area contributed by atoms with Crippen LogP contribution in [0.1, 0.15) is 11.1 Å². The van der Waals surface area contributed by atoms with Crippen LogP contribution in [0.15, 0.2) is 32.3 Å². The number of nitrogens with zero attached hydrogens (tertiary/aromatic N) is 1. The minimum atomic E-state index is -3.75. The molecule has 9 heteroatoms. The molecule has 6 nitrogen and oxygen atoms in total. The first-order valence-corrected chi connectivity index (χ1v) is 8.84. The number of thiophene rings is 1. The molecule has 0 saturated carbocycles. The Balaban J connectivity index is 2.37. The fraction of sp³-hybridized carbons (Fsp3) is 0.167. The van der Waals surface area contributed by atoms with Crippen LogP contribution in [0.5, 0.6) is 0 Å². The van der Waals surface area contributed by atoms with Crippen LogP contribution < -0.4 is 4.72 Å². The standard InChI is InChI=1S/C12H11BrN2O4S2/c1-7-3-4-9(6-10(7)15(16)17)14-21(18,19)11-5-8(2)12(13)20-11/h3-6,14H,1-2H3. The molecule has 0 aliphatic heterocycles. The Morgan fingerprint density at radius 3 is 2.43 bits per heavy atom. The number of nitrogens with one attached hydrogen (secondary N) is 1. The highest BCUT2D eigenvalue weighted by Gasteiger charge is 2.20. The molecule has 0 bridgehead atoms. The summed E-state index contributed by atoms with van der Waals surface area (Å²) in [6.45, 7) is 3.38. The molecule has 0 spiro atoms. The van der Waals surface area contributed by atoms with Crippen LogP contribution in [0.2, 0.25) is 0 Å². The van der Waals surface area contributed by atoms with Gasteiger partial charge in [-0.25, -0.2) is 8.42 Å². The Kier molecular flexibility index (Phi) is 4.35. The van der Waals surface area contributed by atoms with E-state index in [2.05, 4.69) is 20.7 Å². The summed E-state index contributed by atoms with van der Waals surface area (Å²) in [7, 11) is -3.75. The van der Waals surface area contributed by atoms with E-state index in [1.54, 1.807) is 19.9 Å². The van der Waals surface area contributed by atoms with Gasteiger partial charge in [0.25, 0.3) is 15.7 Å². The predicted octanol–water partition coefficient (Wildman–Crippen LogP) is 3.84. The lowest BCUT2D eigenvalue weighted by Gasteiger charge is -2.06. The van der Waals surface area contributed by atoms with Crippen LogP contribution in [0.3, 0.4) is 0 Å². The van der Waals surface area contributed by atoms with E-state index in [0.29, 0.717) is 5.56 Å². The van der Waals surface area contributed by atoms with Crippen molar-refractivity contribution >= 4 is 48.7 Å². The Morgan fingerprint density at radius 1 is 1.24 bits per heavy atom. The molecule has 1 aromatic carbocycles. The largest absolute Gasteiger partial charge is 0.279 e. The number of hydrogen-bond donors (Lipinski definition) is 1. The van der Waals surface area contributed by atoms with Crippen LogP contribution in [-0.4, -0.2) is 13.3 Å². The van der Waals surface area contributed by atoms with Crippen molar-refractivity contribution in [1.29, 1.82) is 0 Å². The number of rotatable bonds is 4. The zero-order valence-electron chi connectivity index (χ0n) is 11.1. The monoisotopic (exact) mass is 390 g/mol. The summed E-state index contributed by atoms with van der Waals surface area (Å²) in [5.41, 5.74) is 1.32. The molecule has 1 heterocycles. The van der Waals surface area contributed by atoms with Crippen LogP contribution in [0, 0.1) is 24.0 Å². The number of aryl methyl sites for hydroxylation is 2. The second kappa shape index (κ2) is 5.74. The lowest BCUT2D eigenvalue weighted by atomic mass is 10.2. The van der Waals surface area contributed by atoms with Crippen molar-refractivity contribution in [3.8, 4) is 0 Å². The van der Waals surface area contributed by atoms with Crippen molar-refractivity contribution in [1.82, 2.24) is 0 Å². The first-order chi connectivity index (χ1) is 9.70. The van der Waals surface area contributed by atoms with Crippen LogP contribution in [0.4, 0.5) is 11.4 Å².